The highest BCUT2D eigenvalue weighted by Crippen LogP contribution is 2.37. The fraction of sp³-hybridized carbons (Fsp3) is 0.257. The molecule has 2 aliphatic rings. The van der Waals surface area contributed by atoms with Crippen molar-refractivity contribution in [3.05, 3.63) is 88.5 Å². The number of aliphatic carboxylic acids is 2. The Kier molecular flexibility index (Phi) is 7.80. The van der Waals surface area contributed by atoms with Crippen molar-refractivity contribution in [3.63, 3.8) is 0 Å². The Morgan fingerprint density at radius 3 is 2.05 bits per heavy atom. The zero-order valence-electron chi connectivity index (χ0n) is 25.3. The molecule has 0 aromatic carbocycles. The van der Waals surface area contributed by atoms with Gasteiger partial charge in [-0.05, 0) is 98.2 Å². The Labute approximate surface area is 250 Å². The van der Waals surface area contributed by atoms with Crippen molar-refractivity contribution in [1.82, 2.24) is 19.5 Å². The molecule has 8 bridgehead atoms. The predicted molar refractivity (Wildman–Crippen MR) is 173 cm³/mol. The summed E-state index contributed by atoms with van der Waals surface area (Å²) in [5, 5.41) is 19.0. The lowest BCUT2D eigenvalue weighted by Crippen LogP contribution is -1.98. The van der Waals surface area contributed by atoms with E-state index in [0.29, 0.717) is 18.5 Å². The van der Waals surface area contributed by atoms with Gasteiger partial charge in [0.2, 0.25) is 0 Å². The molecule has 5 rings (SSSR count). The molecule has 3 aromatic rings. The van der Waals surface area contributed by atoms with Gasteiger partial charge in [0.1, 0.15) is 0 Å². The lowest BCUT2D eigenvalue weighted by molar-refractivity contribution is -0.137. The second-order valence-electron chi connectivity index (χ2n) is 11.1. The molecular weight excluding hydrogens is 540 g/mol. The molecule has 5 heterocycles. The maximum absolute atomic E-state index is 11.6. The number of nitrogens with one attached hydrogen (secondary N) is 1. The van der Waals surface area contributed by atoms with E-state index in [0.717, 1.165) is 83.7 Å². The summed E-state index contributed by atoms with van der Waals surface area (Å²) in [6.07, 6.45) is 4.27. The number of rotatable bonds is 8. The van der Waals surface area contributed by atoms with Crippen LogP contribution in [0.3, 0.4) is 0 Å². The van der Waals surface area contributed by atoms with E-state index in [-0.39, 0.29) is 12.8 Å². The van der Waals surface area contributed by atoms with Crippen molar-refractivity contribution in [2.45, 2.75) is 53.4 Å². The monoisotopic (exact) mass is 576 g/mol. The number of nitrogens with zero attached hydrogens (tertiary/aromatic N) is 3. The Bertz CT molecular complexity index is 1970. The van der Waals surface area contributed by atoms with E-state index in [1.54, 1.807) is 0 Å². The zero-order valence-corrected chi connectivity index (χ0v) is 25.3. The van der Waals surface area contributed by atoms with Gasteiger partial charge in [0.15, 0.2) is 0 Å². The van der Waals surface area contributed by atoms with Gasteiger partial charge >= 0.3 is 11.9 Å². The molecule has 3 N–H and O–H groups in total. The fourth-order valence-corrected chi connectivity index (χ4v) is 6.11. The lowest BCUT2D eigenvalue weighted by atomic mass is 10.0. The second kappa shape index (κ2) is 11.4. The van der Waals surface area contributed by atoms with Crippen molar-refractivity contribution in [1.29, 1.82) is 0 Å². The minimum Gasteiger partial charge on any atom is -0.481 e. The molecule has 3 aromatic heterocycles. The minimum atomic E-state index is -0.881. The van der Waals surface area contributed by atoms with Gasteiger partial charge in [0.05, 0.1) is 28.3 Å². The van der Waals surface area contributed by atoms with Crippen LogP contribution < -0.4 is 0 Å². The van der Waals surface area contributed by atoms with Gasteiger partial charge in [0.25, 0.3) is 0 Å². The average molecular weight is 577 g/mol. The van der Waals surface area contributed by atoms with Gasteiger partial charge in [-0.2, -0.15) is 0 Å². The quantitative estimate of drug-likeness (QED) is 0.255. The first-order chi connectivity index (χ1) is 20.4. The molecule has 0 aliphatic carbocycles. The van der Waals surface area contributed by atoms with E-state index >= 15 is 0 Å². The molecule has 0 spiro atoms. The predicted octanol–water partition coefficient (Wildman–Crippen LogP) is 7.51. The number of aryl methyl sites for hydroxylation is 4. The minimum absolute atomic E-state index is 0.0252. The van der Waals surface area contributed by atoms with Gasteiger partial charge in [-0.1, -0.05) is 25.3 Å². The van der Waals surface area contributed by atoms with Crippen LogP contribution in [0.5, 0.6) is 0 Å². The Hall–Kier alpha value is -4.98. The molecule has 8 heteroatoms. The van der Waals surface area contributed by atoms with E-state index in [1.807, 2.05) is 58.2 Å². The number of carboxylic acid groups (broad SMARTS) is 2. The topological polar surface area (TPSA) is 121 Å². The molecule has 0 fully saturated rings. The highest BCUT2D eigenvalue weighted by Gasteiger charge is 2.21. The van der Waals surface area contributed by atoms with Crippen molar-refractivity contribution in [2.24, 2.45) is 7.05 Å². The first kappa shape index (κ1) is 29.5. The number of aromatic amines is 1. The molecule has 0 radical (unpaired) electrons. The van der Waals surface area contributed by atoms with Crippen molar-refractivity contribution >= 4 is 62.4 Å². The van der Waals surface area contributed by atoms with Crippen molar-refractivity contribution in [2.75, 3.05) is 0 Å². The third-order valence-electron chi connectivity index (χ3n) is 8.63. The largest absolute Gasteiger partial charge is 0.481 e. The summed E-state index contributed by atoms with van der Waals surface area (Å²) in [6.45, 7) is 16.2. The molecule has 0 atom stereocenters. The van der Waals surface area contributed by atoms with Crippen molar-refractivity contribution in [3.8, 4) is 0 Å². The maximum atomic E-state index is 11.6. The Morgan fingerprint density at radius 2 is 1.40 bits per heavy atom. The second-order valence-corrected chi connectivity index (χ2v) is 11.1. The first-order valence-corrected chi connectivity index (χ1v) is 14.3. The van der Waals surface area contributed by atoms with Gasteiger partial charge in [-0.3, -0.25) is 9.59 Å². The smallest absolute Gasteiger partial charge is 0.303 e. The summed E-state index contributed by atoms with van der Waals surface area (Å²) in [5.41, 5.74) is 14.1. The summed E-state index contributed by atoms with van der Waals surface area (Å²) in [5.74, 6) is -1.76. The van der Waals surface area contributed by atoms with Crippen LogP contribution in [0.25, 0.3) is 50.4 Å². The zero-order chi connectivity index (χ0) is 31.2. The van der Waals surface area contributed by atoms with Crippen LogP contribution in [0.15, 0.2) is 43.5 Å². The van der Waals surface area contributed by atoms with E-state index < -0.39 is 11.9 Å². The van der Waals surface area contributed by atoms with Crippen LogP contribution in [0.2, 0.25) is 0 Å². The van der Waals surface area contributed by atoms with Crippen LogP contribution >= 0.6 is 0 Å². The molecule has 8 nitrogen and oxygen atoms in total. The highest BCUT2D eigenvalue weighted by atomic mass is 16.4. The number of allylic oxidation sites excluding steroid dienone is 5. The normalized spacial score (nSPS) is 13.0. The lowest BCUT2D eigenvalue weighted by Gasteiger charge is -2.03. The van der Waals surface area contributed by atoms with E-state index in [9.17, 15) is 19.8 Å². The van der Waals surface area contributed by atoms with Crippen LogP contribution in [0.1, 0.15) is 78.1 Å². The van der Waals surface area contributed by atoms with Gasteiger partial charge in [-0.15, -0.1) is 0 Å². The number of fused-ring (bicyclic) bond motifs is 8. The van der Waals surface area contributed by atoms with Crippen LogP contribution in [0.4, 0.5) is 0 Å². The number of carbonyl (C=O) groups is 2. The third kappa shape index (κ3) is 5.25. The SMILES string of the molecule is C=CC1=C(C)c2cc3c(C=C)c(C)c(cc4nc(cc5[nH]c(cc1n2)c(C)c5CCC(=O)O)C(CCC(=O)O)=C4C)n3C. The van der Waals surface area contributed by atoms with Gasteiger partial charge in [0, 0.05) is 47.6 Å². The molecular formula is C35H36N4O4. The molecule has 0 amide bonds. The average Bonchev–Trinajstić information content (AvgIpc) is 3.59. The van der Waals surface area contributed by atoms with Gasteiger partial charge in [-0.25, -0.2) is 9.97 Å². The third-order valence-corrected chi connectivity index (χ3v) is 8.63. The molecule has 220 valence electrons. The molecule has 0 saturated heterocycles. The number of H-pyrrole nitrogens is 1. The van der Waals surface area contributed by atoms with Gasteiger partial charge < -0.3 is 19.8 Å². The summed E-state index contributed by atoms with van der Waals surface area (Å²) >= 11 is 0. The molecule has 43 heavy (non-hydrogen) atoms. The molecule has 0 unspecified atom stereocenters. The number of aromatic nitrogens is 4. The summed E-state index contributed by atoms with van der Waals surface area (Å²) in [7, 11) is 2.01. The van der Waals surface area contributed by atoms with E-state index in [1.165, 1.54) is 0 Å². The Balaban J connectivity index is 1.98. The van der Waals surface area contributed by atoms with E-state index in [2.05, 4.69) is 35.7 Å². The number of carboxylic acids is 2. The maximum Gasteiger partial charge on any atom is 0.303 e. The van der Waals surface area contributed by atoms with E-state index in [4.69, 9.17) is 9.97 Å². The standard InChI is InChI=1S/C35H36N4O4/c1-8-22-18(3)28-17-33-23(9-2)21(6)32(39(33)7)16-27-20(5)25(11-13-35(42)43)31(38-27)15-30-24(10-12-34(40)41)19(4)26(36-30)14-29(22)37-28/h8-9,14-17,36H,1-2,10-13H2,3-7H3,(H,40,41)(H,42,43). The summed E-state index contributed by atoms with van der Waals surface area (Å²) in [4.78, 5) is 36.7. The molecule has 0 saturated carbocycles. The summed E-state index contributed by atoms with van der Waals surface area (Å²) < 4.78 is 2.11. The highest BCUT2D eigenvalue weighted by molar-refractivity contribution is 5.98. The first-order valence-electron chi connectivity index (χ1n) is 14.3. The number of hydrogen-bond acceptors (Lipinski definition) is 4. The van der Waals surface area contributed by atoms with Crippen molar-refractivity contribution < 1.29 is 19.8 Å². The summed E-state index contributed by atoms with van der Waals surface area (Å²) in [6, 6.07) is 8.01. The fourth-order valence-electron chi connectivity index (χ4n) is 6.11. The Morgan fingerprint density at radius 1 is 0.791 bits per heavy atom. The van der Waals surface area contributed by atoms with Crippen LogP contribution in [-0.2, 0) is 23.1 Å². The van der Waals surface area contributed by atoms with Crippen LogP contribution in [0, 0.1) is 13.8 Å². The van der Waals surface area contributed by atoms with Crippen LogP contribution in [-0.4, -0.2) is 41.7 Å². The number of hydrogen-bond donors (Lipinski definition) is 3. The molecule has 2 aliphatic heterocycles.